The van der Waals surface area contributed by atoms with Gasteiger partial charge in [-0.3, -0.25) is 0 Å². The molecule has 0 amide bonds. The third-order valence-corrected chi connectivity index (χ3v) is 9.23. The zero-order chi connectivity index (χ0) is 17.7. The minimum atomic E-state index is -1.78. The fourth-order valence-corrected chi connectivity index (χ4v) is 7.87. The van der Waals surface area contributed by atoms with E-state index < -0.39 is 7.26 Å². The molecule has 142 valence electrons. The maximum atomic E-state index is 2.30. The third kappa shape index (κ3) is 4.61. The summed E-state index contributed by atoms with van der Waals surface area (Å²) in [5.41, 5.74) is 1.39. The molecule has 0 aliphatic rings. The molecular formula is C25H26BrP2+. The average molecular weight is 468 g/mol. The Hall–Kier alpha value is -1.78. The summed E-state index contributed by atoms with van der Waals surface area (Å²) in [7, 11) is -1.78. The van der Waals surface area contributed by atoms with Crippen LogP contribution in [0.15, 0.2) is 121 Å². The molecule has 0 nitrogen and oxygen atoms in total. The smallest absolute Gasteiger partial charge is 0.116 e. The van der Waals surface area contributed by atoms with E-state index in [4.69, 9.17) is 0 Å². The maximum Gasteiger partial charge on any atom is 0.116 e. The van der Waals surface area contributed by atoms with Gasteiger partial charge < -0.3 is 0 Å². The molecule has 0 aromatic heterocycles. The molecule has 4 rings (SSSR count). The van der Waals surface area contributed by atoms with Crippen LogP contribution in [0.3, 0.4) is 0 Å². The van der Waals surface area contributed by atoms with Gasteiger partial charge in [-0.1, -0.05) is 84.9 Å². The largest absolute Gasteiger partial charge is 0.153 e. The van der Waals surface area contributed by atoms with E-state index in [2.05, 4.69) is 121 Å². The van der Waals surface area contributed by atoms with Crippen LogP contribution >= 0.6 is 34.1 Å². The van der Waals surface area contributed by atoms with Gasteiger partial charge in [-0.2, -0.15) is 9.90 Å². The van der Waals surface area contributed by atoms with Crippen molar-refractivity contribution in [2.75, 3.05) is 0 Å². The van der Waals surface area contributed by atoms with Gasteiger partial charge in [-0.15, -0.1) is 17.0 Å². The van der Waals surface area contributed by atoms with E-state index in [1.165, 1.54) is 21.5 Å². The van der Waals surface area contributed by atoms with Crippen molar-refractivity contribution in [1.82, 2.24) is 0 Å². The number of hydrogen-bond acceptors (Lipinski definition) is 0. The summed E-state index contributed by atoms with van der Waals surface area (Å²) >= 11 is 0. The van der Waals surface area contributed by atoms with Gasteiger partial charge in [0.25, 0.3) is 0 Å². The topological polar surface area (TPSA) is 0 Å². The SMILES string of the molecule is Br.P.c1ccc(C[P+](c2ccccc2)(c2ccccc2)c2ccccc2)cc1. The van der Waals surface area contributed by atoms with Crippen molar-refractivity contribution in [3.63, 3.8) is 0 Å². The molecule has 4 aromatic rings. The Morgan fingerprint density at radius 3 is 1.04 bits per heavy atom. The minimum Gasteiger partial charge on any atom is -0.153 e. The summed E-state index contributed by atoms with van der Waals surface area (Å²) in [6, 6.07) is 44.0. The van der Waals surface area contributed by atoms with Crippen molar-refractivity contribution in [1.29, 1.82) is 0 Å². The number of hydrogen-bond donors (Lipinski definition) is 0. The first-order valence-electron chi connectivity index (χ1n) is 8.98. The van der Waals surface area contributed by atoms with Crippen LogP contribution in [0.4, 0.5) is 0 Å². The van der Waals surface area contributed by atoms with Crippen LogP contribution in [0.1, 0.15) is 5.56 Å². The molecule has 0 spiro atoms. The van der Waals surface area contributed by atoms with Crippen LogP contribution < -0.4 is 15.9 Å². The normalized spacial score (nSPS) is 10.4. The first-order valence-corrected chi connectivity index (χ1v) is 11.0. The third-order valence-electron chi connectivity index (χ3n) is 4.85. The van der Waals surface area contributed by atoms with Gasteiger partial charge in [-0.05, 0) is 42.0 Å². The molecule has 3 heteroatoms. The van der Waals surface area contributed by atoms with Crippen LogP contribution in [0.2, 0.25) is 0 Å². The summed E-state index contributed by atoms with van der Waals surface area (Å²) < 4.78 is 0. The Labute approximate surface area is 182 Å². The molecule has 0 aliphatic heterocycles. The Morgan fingerprint density at radius 1 is 0.429 bits per heavy atom. The highest BCUT2D eigenvalue weighted by molar-refractivity contribution is 8.93. The standard InChI is InChI=1S/C25H22P.BrH.H3P/c1-5-13-22(14-6-1)21-26(23-15-7-2-8-16-23,24-17-9-3-10-18-24)25-19-11-4-12-20-25;;/h1-20H,21H2;1H;1H3/q+1;;. The van der Waals surface area contributed by atoms with Crippen molar-refractivity contribution in [3.8, 4) is 0 Å². The zero-order valence-electron chi connectivity index (χ0n) is 15.8. The predicted octanol–water partition coefficient (Wildman–Crippen LogP) is 5.82. The van der Waals surface area contributed by atoms with E-state index in [1.54, 1.807) is 0 Å². The van der Waals surface area contributed by atoms with E-state index in [1.807, 2.05) is 0 Å². The molecule has 1 unspecified atom stereocenters. The second-order valence-electron chi connectivity index (χ2n) is 6.46. The quantitative estimate of drug-likeness (QED) is 0.324. The first-order chi connectivity index (χ1) is 12.9. The molecule has 0 N–H and O–H groups in total. The molecule has 4 aromatic carbocycles. The summed E-state index contributed by atoms with van der Waals surface area (Å²) in [5, 5.41) is 4.30. The fourth-order valence-electron chi connectivity index (χ4n) is 3.63. The molecule has 0 heterocycles. The van der Waals surface area contributed by atoms with E-state index in [0.29, 0.717) is 0 Å². The highest BCUT2D eigenvalue weighted by atomic mass is 79.9. The van der Waals surface area contributed by atoms with Crippen LogP contribution in [-0.4, -0.2) is 0 Å². The van der Waals surface area contributed by atoms with Gasteiger partial charge in [0.05, 0.1) is 6.16 Å². The molecule has 0 saturated heterocycles. The highest BCUT2D eigenvalue weighted by Crippen LogP contribution is 2.58. The van der Waals surface area contributed by atoms with Gasteiger partial charge in [0.1, 0.15) is 23.2 Å². The van der Waals surface area contributed by atoms with Gasteiger partial charge >= 0.3 is 0 Å². The van der Waals surface area contributed by atoms with E-state index in [-0.39, 0.29) is 26.9 Å². The Balaban J connectivity index is 0.00000140. The molecular weight excluding hydrogens is 442 g/mol. The Bertz CT molecular complexity index is 846. The van der Waals surface area contributed by atoms with Crippen molar-refractivity contribution in [2.45, 2.75) is 6.16 Å². The monoisotopic (exact) mass is 467 g/mol. The highest BCUT2D eigenvalue weighted by Gasteiger charge is 2.45. The molecule has 28 heavy (non-hydrogen) atoms. The molecule has 0 fully saturated rings. The maximum absolute atomic E-state index is 2.30. The summed E-state index contributed by atoms with van der Waals surface area (Å²) in [5.74, 6) is 0. The van der Waals surface area contributed by atoms with Gasteiger partial charge in [-0.25, -0.2) is 0 Å². The van der Waals surface area contributed by atoms with E-state index >= 15 is 0 Å². The molecule has 1 atom stereocenters. The Kier molecular flexibility index (Phi) is 8.58. The van der Waals surface area contributed by atoms with Crippen LogP contribution in [0, 0.1) is 0 Å². The van der Waals surface area contributed by atoms with Gasteiger partial charge in [0.2, 0.25) is 0 Å². The lowest BCUT2D eigenvalue weighted by Crippen LogP contribution is -2.32. The van der Waals surface area contributed by atoms with Gasteiger partial charge in [0.15, 0.2) is 0 Å². The van der Waals surface area contributed by atoms with Crippen LogP contribution in [0.5, 0.6) is 0 Å². The number of benzene rings is 4. The molecule has 0 radical (unpaired) electrons. The Morgan fingerprint density at radius 2 is 0.714 bits per heavy atom. The van der Waals surface area contributed by atoms with Crippen molar-refractivity contribution >= 4 is 50.1 Å². The molecule has 0 saturated carbocycles. The molecule has 0 bridgehead atoms. The summed E-state index contributed by atoms with van der Waals surface area (Å²) in [4.78, 5) is 0. The second-order valence-corrected chi connectivity index (χ2v) is 9.95. The van der Waals surface area contributed by atoms with E-state index in [9.17, 15) is 0 Å². The number of halogens is 1. The van der Waals surface area contributed by atoms with Crippen molar-refractivity contribution < 1.29 is 0 Å². The second kappa shape index (κ2) is 10.7. The van der Waals surface area contributed by atoms with Gasteiger partial charge in [0, 0.05) is 0 Å². The minimum absolute atomic E-state index is 0. The van der Waals surface area contributed by atoms with Crippen molar-refractivity contribution in [3.05, 3.63) is 127 Å². The fraction of sp³-hybridized carbons (Fsp3) is 0.0400. The summed E-state index contributed by atoms with van der Waals surface area (Å²) in [6.45, 7) is 0. The first kappa shape index (κ1) is 22.5. The predicted molar refractivity (Wildman–Crippen MR) is 137 cm³/mol. The lowest BCUT2D eigenvalue weighted by atomic mass is 10.2. The lowest BCUT2D eigenvalue weighted by Gasteiger charge is -2.27. The van der Waals surface area contributed by atoms with Crippen LogP contribution in [0.25, 0.3) is 0 Å². The summed E-state index contributed by atoms with van der Waals surface area (Å²) in [6.07, 6.45) is 1.03. The number of rotatable bonds is 5. The van der Waals surface area contributed by atoms with E-state index in [0.717, 1.165) is 6.16 Å². The average Bonchev–Trinajstić information content (AvgIpc) is 2.75. The zero-order valence-corrected chi connectivity index (χ0v) is 19.8. The molecule has 0 aliphatic carbocycles. The van der Waals surface area contributed by atoms with Crippen LogP contribution in [-0.2, 0) is 6.16 Å². The lowest BCUT2D eigenvalue weighted by molar-refractivity contribution is 1.39. The van der Waals surface area contributed by atoms with Crippen molar-refractivity contribution in [2.24, 2.45) is 0 Å².